The quantitative estimate of drug-likeness (QED) is 0.642. The predicted octanol–water partition coefficient (Wildman–Crippen LogP) is 1.84. The number of carbonyl (C=O) groups is 1. The summed E-state index contributed by atoms with van der Waals surface area (Å²) < 4.78 is 0. The molecule has 1 aliphatic heterocycles. The average Bonchev–Trinajstić information content (AvgIpc) is 2.00. The fraction of sp³-hybridized carbons (Fsp3) is 0.900. The molecule has 1 rings (SSSR count). The molecule has 0 aliphatic carbocycles. The summed E-state index contributed by atoms with van der Waals surface area (Å²) in [6, 6.07) is 0.499. The third kappa shape index (κ3) is 1.28. The summed E-state index contributed by atoms with van der Waals surface area (Å²) in [6.45, 7) is 9.17. The molecule has 1 unspecified atom stereocenters. The molecule has 0 N–H and O–H groups in total. The highest BCUT2D eigenvalue weighted by molar-refractivity contribution is 5.95. The van der Waals surface area contributed by atoms with Crippen molar-refractivity contribution in [2.75, 3.05) is 6.54 Å². The molecule has 2 heteroatoms. The Morgan fingerprint density at radius 3 is 2.50 bits per heavy atom. The van der Waals surface area contributed by atoms with E-state index in [4.69, 9.17) is 0 Å². The van der Waals surface area contributed by atoms with Crippen LogP contribution in [0.2, 0.25) is 0 Å². The zero-order valence-corrected chi connectivity index (χ0v) is 8.55. The second-order valence-electron chi connectivity index (χ2n) is 4.17. The van der Waals surface area contributed by atoms with Gasteiger partial charge in [0.1, 0.15) is 0 Å². The van der Waals surface area contributed by atoms with E-state index < -0.39 is 0 Å². The molecule has 2 nitrogen and oxygen atoms in total. The minimum absolute atomic E-state index is 0.136. The number of ketones is 1. The van der Waals surface area contributed by atoms with Crippen LogP contribution in [0.4, 0.5) is 0 Å². The van der Waals surface area contributed by atoms with Crippen LogP contribution in [0.3, 0.4) is 0 Å². The molecule has 0 aromatic carbocycles. The first kappa shape index (κ1) is 9.72. The van der Waals surface area contributed by atoms with Gasteiger partial charge in [-0.25, -0.2) is 0 Å². The molecule has 0 aromatic rings. The summed E-state index contributed by atoms with van der Waals surface area (Å²) in [5.74, 6) is 0.415. The second-order valence-corrected chi connectivity index (χ2v) is 4.17. The van der Waals surface area contributed by atoms with Gasteiger partial charge in [-0.1, -0.05) is 13.3 Å². The highest BCUT2D eigenvalue weighted by Gasteiger charge is 2.48. The van der Waals surface area contributed by atoms with Crippen LogP contribution in [0.1, 0.15) is 40.5 Å². The van der Waals surface area contributed by atoms with Crippen LogP contribution in [0.25, 0.3) is 0 Å². The van der Waals surface area contributed by atoms with E-state index in [1.54, 1.807) is 0 Å². The van der Waals surface area contributed by atoms with Gasteiger partial charge in [-0.15, -0.1) is 0 Å². The first-order chi connectivity index (χ1) is 5.52. The zero-order valence-electron chi connectivity index (χ0n) is 8.55. The monoisotopic (exact) mass is 169 g/mol. The van der Waals surface area contributed by atoms with E-state index in [0.29, 0.717) is 18.4 Å². The maximum Gasteiger partial charge on any atom is 0.166 e. The van der Waals surface area contributed by atoms with Crippen LogP contribution < -0.4 is 0 Å². The van der Waals surface area contributed by atoms with Crippen LogP contribution in [0.15, 0.2) is 0 Å². The lowest BCUT2D eigenvalue weighted by Crippen LogP contribution is -2.68. The molecule has 1 heterocycles. The molecule has 1 fully saturated rings. The normalized spacial score (nSPS) is 30.9. The lowest BCUT2D eigenvalue weighted by molar-refractivity contribution is -0.150. The van der Waals surface area contributed by atoms with Gasteiger partial charge in [0, 0.05) is 6.04 Å². The molecule has 1 atom stereocenters. The zero-order chi connectivity index (χ0) is 9.35. The number of hydrogen-bond acceptors (Lipinski definition) is 2. The van der Waals surface area contributed by atoms with Crippen molar-refractivity contribution < 1.29 is 4.79 Å². The minimum Gasteiger partial charge on any atom is -0.296 e. The Bertz CT molecular complexity index is 188. The number of likely N-dealkylation sites (tertiary alicyclic amines) is 1. The van der Waals surface area contributed by atoms with Gasteiger partial charge in [-0.3, -0.25) is 9.69 Å². The predicted molar refractivity (Wildman–Crippen MR) is 50.2 cm³/mol. The standard InChI is InChI=1S/C10H19NO/c1-5-6-10(4)9(12)7-11(10)8(2)3/h8H,5-7H2,1-4H3. The van der Waals surface area contributed by atoms with Crippen molar-refractivity contribution >= 4 is 5.78 Å². The summed E-state index contributed by atoms with van der Waals surface area (Å²) in [4.78, 5) is 13.7. The molecule has 0 bridgehead atoms. The third-order valence-corrected chi connectivity index (χ3v) is 2.91. The second kappa shape index (κ2) is 3.17. The van der Waals surface area contributed by atoms with Crippen molar-refractivity contribution in [3.05, 3.63) is 0 Å². The summed E-state index contributed by atoms with van der Waals surface area (Å²) in [5, 5.41) is 0. The van der Waals surface area contributed by atoms with Crippen LogP contribution >= 0.6 is 0 Å². The van der Waals surface area contributed by atoms with Crippen LogP contribution in [-0.2, 0) is 4.79 Å². The molecule has 70 valence electrons. The van der Waals surface area contributed by atoms with Crippen molar-refractivity contribution in [1.29, 1.82) is 0 Å². The molecule has 1 aliphatic rings. The molecule has 0 saturated carbocycles. The lowest BCUT2D eigenvalue weighted by atomic mass is 9.80. The minimum atomic E-state index is -0.136. The summed E-state index contributed by atoms with van der Waals surface area (Å²) >= 11 is 0. The van der Waals surface area contributed by atoms with E-state index in [1.807, 2.05) is 0 Å². The Kier molecular flexibility index (Phi) is 2.57. The molecule has 0 radical (unpaired) electrons. The number of nitrogens with zero attached hydrogens (tertiary/aromatic N) is 1. The highest BCUT2D eigenvalue weighted by atomic mass is 16.1. The highest BCUT2D eigenvalue weighted by Crippen LogP contribution is 2.32. The van der Waals surface area contributed by atoms with Crippen molar-refractivity contribution in [1.82, 2.24) is 4.90 Å². The molecular formula is C10H19NO. The first-order valence-corrected chi connectivity index (χ1v) is 4.82. The number of rotatable bonds is 3. The fourth-order valence-electron chi connectivity index (χ4n) is 2.09. The summed E-state index contributed by atoms with van der Waals surface area (Å²) in [7, 11) is 0. The Hall–Kier alpha value is -0.370. The Morgan fingerprint density at radius 1 is 1.58 bits per heavy atom. The van der Waals surface area contributed by atoms with Crippen molar-refractivity contribution in [3.8, 4) is 0 Å². The smallest absolute Gasteiger partial charge is 0.166 e. The van der Waals surface area contributed by atoms with Crippen LogP contribution in [-0.4, -0.2) is 28.8 Å². The van der Waals surface area contributed by atoms with E-state index >= 15 is 0 Å². The van der Waals surface area contributed by atoms with Crippen LogP contribution in [0, 0.1) is 0 Å². The van der Waals surface area contributed by atoms with Gasteiger partial charge >= 0.3 is 0 Å². The molecular weight excluding hydrogens is 150 g/mol. The van der Waals surface area contributed by atoms with Crippen LogP contribution in [0.5, 0.6) is 0 Å². The Balaban J connectivity index is 2.65. The molecule has 1 saturated heterocycles. The van der Waals surface area contributed by atoms with Gasteiger partial charge in [0.25, 0.3) is 0 Å². The molecule has 0 aromatic heterocycles. The SMILES string of the molecule is CCCC1(C)C(=O)CN1C(C)C. The maximum absolute atomic E-state index is 11.4. The maximum atomic E-state index is 11.4. The topological polar surface area (TPSA) is 20.3 Å². The lowest BCUT2D eigenvalue weighted by Gasteiger charge is -2.51. The fourth-order valence-corrected chi connectivity index (χ4v) is 2.09. The molecule has 0 spiro atoms. The Morgan fingerprint density at radius 2 is 2.17 bits per heavy atom. The van der Waals surface area contributed by atoms with Gasteiger partial charge in [0.05, 0.1) is 12.1 Å². The first-order valence-electron chi connectivity index (χ1n) is 4.82. The van der Waals surface area contributed by atoms with Crippen molar-refractivity contribution in [2.45, 2.75) is 52.1 Å². The largest absolute Gasteiger partial charge is 0.296 e. The van der Waals surface area contributed by atoms with Gasteiger partial charge in [-0.2, -0.15) is 0 Å². The van der Waals surface area contributed by atoms with Gasteiger partial charge in [-0.05, 0) is 27.2 Å². The van der Waals surface area contributed by atoms with Gasteiger partial charge < -0.3 is 0 Å². The van der Waals surface area contributed by atoms with E-state index in [-0.39, 0.29) is 5.54 Å². The van der Waals surface area contributed by atoms with Gasteiger partial charge in [0.15, 0.2) is 5.78 Å². The summed E-state index contributed by atoms with van der Waals surface area (Å²) in [5.41, 5.74) is -0.136. The Labute approximate surface area is 74.9 Å². The van der Waals surface area contributed by atoms with E-state index in [9.17, 15) is 4.79 Å². The van der Waals surface area contributed by atoms with Gasteiger partial charge in [0.2, 0.25) is 0 Å². The number of carbonyl (C=O) groups excluding carboxylic acids is 1. The van der Waals surface area contributed by atoms with Crippen molar-refractivity contribution in [3.63, 3.8) is 0 Å². The number of hydrogen-bond donors (Lipinski definition) is 0. The van der Waals surface area contributed by atoms with E-state index in [1.165, 1.54) is 0 Å². The molecule has 0 amide bonds. The summed E-state index contributed by atoms with van der Waals surface area (Å²) in [6.07, 6.45) is 2.09. The number of Topliss-reactive ketones (excluding diaryl/α,β-unsaturated/α-hetero) is 1. The average molecular weight is 169 g/mol. The third-order valence-electron chi connectivity index (χ3n) is 2.91. The van der Waals surface area contributed by atoms with E-state index in [2.05, 4.69) is 32.6 Å². The van der Waals surface area contributed by atoms with Crippen molar-refractivity contribution in [2.24, 2.45) is 0 Å². The molecule has 12 heavy (non-hydrogen) atoms. The van der Waals surface area contributed by atoms with E-state index in [0.717, 1.165) is 12.8 Å².